The number of hydrogen-bond donors (Lipinski definition) is 0. The van der Waals surface area contributed by atoms with Crippen LogP contribution in [0.25, 0.3) is 5.70 Å². The number of allylic oxidation sites excluding steroid dienone is 3. The monoisotopic (exact) mass is 499 g/mol. The molecule has 0 aromatic carbocycles. The van der Waals surface area contributed by atoms with Gasteiger partial charge in [-0.15, -0.1) is 0 Å². The number of carbonyl (C=O) groups is 2. The Hall–Kier alpha value is -2.82. The Balaban J connectivity index is 0.000000641. The molecule has 35 heavy (non-hydrogen) atoms. The third-order valence-electron chi connectivity index (χ3n) is 6.26. The number of likely N-dealkylation sites (N-methyl/N-ethyl adjacent to an activating group) is 1. The Kier molecular flexibility index (Phi) is 9.93. The van der Waals surface area contributed by atoms with Crippen LogP contribution >= 0.6 is 0 Å². The highest BCUT2D eigenvalue weighted by Crippen LogP contribution is 2.36. The third-order valence-corrected chi connectivity index (χ3v) is 6.26. The number of carbonyl (C=O) groups excluding carboxylic acids is 2. The van der Waals surface area contributed by atoms with Gasteiger partial charge in [-0.05, 0) is 27.3 Å². The predicted octanol–water partition coefficient (Wildman–Crippen LogP) is 3.50. The summed E-state index contributed by atoms with van der Waals surface area (Å²) in [6, 6.07) is 0. The summed E-state index contributed by atoms with van der Waals surface area (Å²) >= 11 is 0. The molecule has 1 saturated heterocycles. The van der Waals surface area contributed by atoms with Crippen LogP contribution in [0.1, 0.15) is 55.4 Å². The van der Waals surface area contributed by atoms with Crippen molar-refractivity contribution in [2.75, 3.05) is 53.4 Å². The molecule has 0 saturated carbocycles. The van der Waals surface area contributed by atoms with Gasteiger partial charge in [0.25, 0.3) is 5.91 Å². The maximum Gasteiger partial charge on any atom is 0.435 e. The topological polar surface area (TPSA) is 70.9 Å². The van der Waals surface area contributed by atoms with Crippen molar-refractivity contribution in [1.82, 2.24) is 24.5 Å². The van der Waals surface area contributed by atoms with Crippen LogP contribution in [0.15, 0.2) is 18.4 Å². The van der Waals surface area contributed by atoms with Gasteiger partial charge in [0.2, 0.25) is 5.91 Å². The Morgan fingerprint density at radius 3 is 2.31 bits per heavy atom. The Morgan fingerprint density at radius 1 is 1.20 bits per heavy atom. The number of methoxy groups -OCH3 is 1. The number of alkyl halides is 3. The minimum absolute atomic E-state index is 0.0363. The van der Waals surface area contributed by atoms with Gasteiger partial charge in [0, 0.05) is 63.4 Å². The van der Waals surface area contributed by atoms with Crippen molar-refractivity contribution >= 4 is 17.5 Å². The number of ether oxygens (including phenoxy) is 1. The lowest BCUT2D eigenvalue weighted by atomic mass is 10.0. The Bertz CT molecular complexity index is 941. The van der Waals surface area contributed by atoms with Gasteiger partial charge in [-0.3, -0.25) is 9.59 Å². The molecule has 3 heterocycles. The van der Waals surface area contributed by atoms with E-state index < -0.39 is 17.8 Å². The largest absolute Gasteiger partial charge is 0.502 e. The molecule has 0 aliphatic carbocycles. The van der Waals surface area contributed by atoms with Crippen LogP contribution in [-0.2, 0) is 22.1 Å². The lowest BCUT2D eigenvalue weighted by molar-refractivity contribution is -0.142. The van der Waals surface area contributed by atoms with Crippen LogP contribution in [0.4, 0.5) is 13.2 Å². The maximum atomic E-state index is 13.4. The molecule has 0 bridgehead atoms. The summed E-state index contributed by atoms with van der Waals surface area (Å²) in [6.45, 7) is 12.1. The first-order valence-electron chi connectivity index (χ1n) is 11.7. The first-order chi connectivity index (χ1) is 16.4. The van der Waals surface area contributed by atoms with Crippen LogP contribution < -0.4 is 0 Å². The second-order valence-electron chi connectivity index (χ2n) is 8.59. The number of aromatic nitrogens is 2. The van der Waals surface area contributed by atoms with Crippen molar-refractivity contribution < 1.29 is 27.5 Å². The van der Waals surface area contributed by atoms with Gasteiger partial charge < -0.3 is 19.4 Å². The van der Waals surface area contributed by atoms with E-state index in [2.05, 4.69) is 16.6 Å². The van der Waals surface area contributed by atoms with Crippen molar-refractivity contribution in [2.24, 2.45) is 0 Å². The van der Waals surface area contributed by atoms with E-state index in [1.54, 1.807) is 31.9 Å². The highest BCUT2D eigenvalue weighted by atomic mass is 19.4. The molecule has 11 heteroatoms. The van der Waals surface area contributed by atoms with E-state index in [1.807, 2.05) is 14.0 Å². The summed E-state index contributed by atoms with van der Waals surface area (Å²) in [4.78, 5) is 30.8. The van der Waals surface area contributed by atoms with Gasteiger partial charge in [0.15, 0.2) is 5.69 Å². The number of nitrogens with zero attached hydrogens (tertiary/aromatic N) is 5. The normalized spacial score (nSPS) is 17.0. The van der Waals surface area contributed by atoms with Crippen molar-refractivity contribution in [2.45, 2.75) is 46.2 Å². The summed E-state index contributed by atoms with van der Waals surface area (Å²) in [7, 11) is 3.63. The Morgan fingerprint density at radius 2 is 1.83 bits per heavy atom. The van der Waals surface area contributed by atoms with E-state index in [9.17, 15) is 22.8 Å². The second kappa shape index (κ2) is 12.2. The van der Waals surface area contributed by atoms with Gasteiger partial charge in [-0.25, -0.2) is 4.68 Å². The minimum atomic E-state index is -4.62. The maximum absolute atomic E-state index is 13.4. The molecule has 8 nitrogen and oxygen atoms in total. The first kappa shape index (κ1) is 28.4. The molecule has 2 aliphatic rings. The molecule has 0 atom stereocenters. The molecule has 0 radical (unpaired) electrons. The van der Waals surface area contributed by atoms with Crippen LogP contribution in [0.3, 0.4) is 0 Å². The number of piperazine rings is 1. The number of amides is 2. The van der Waals surface area contributed by atoms with E-state index >= 15 is 0 Å². The summed E-state index contributed by atoms with van der Waals surface area (Å²) in [6.07, 6.45) is -1.88. The first-order valence-corrected chi connectivity index (χ1v) is 11.7. The third kappa shape index (κ3) is 7.09. The average molecular weight is 500 g/mol. The van der Waals surface area contributed by atoms with Gasteiger partial charge in [0.1, 0.15) is 5.69 Å². The predicted molar refractivity (Wildman–Crippen MR) is 128 cm³/mol. The molecular formula is C24H36F3N5O3. The fourth-order valence-electron chi connectivity index (χ4n) is 3.81. The van der Waals surface area contributed by atoms with E-state index in [1.165, 1.54) is 4.90 Å². The van der Waals surface area contributed by atoms with Crippen LogP contribution in [0.2, 0.25) is 0 Å². The van der Waals surface area contributed by atoms with E-state index in [-0.39, 0.29) is 43.1 Å². The van der Waals surface area contributed by atoms with Gasteiger partial charge in [0.05, 0.1) is 12.9 Å². The van der Waals surface area contributed by atoms with Gasteiger partial charge in [-0.1, -0.05) is 19.6 Å². The fourth-order valence-corrected chi connectivity index (χ4v) is 3.81. The quantitative estimate of drug-likeness (QED) is 0.561. The Labute approximate surface area is 205 Å². The lowest BCUT2D eigenvalue weighted by Crippen LogP contribution is -2.48. The molecule has 0 N–H and O–H groups in total. The van der Waals surface area contributed by atoms with Crippen molar-refractivity contribution in [3.05, 3.63) is 35.4 Å². The summed E-state index contributed by atoms with van der Waals surface area (Å²) in [5.74, 6) is 0.294. The minimum Gasteiger partial charge on any atom is -0.502 e. The number of halogens is 3. The highest BCUT2D eigenvalue weighted by Gasteiger charge is 2.43. The van der Waals surface area contributed by atoms with E-state index in [0.717, 1.165) is 30.0 Å². The van der Waals surface area contributed by atoms with Crippen molar-refractivity contribution in [3.63, 3.8) is 0 Å². The molecule has 3 rings (SSSR count). The average Bonchev–Trinajstić information content (AvgIpc) is 3.24. The number of rotatable bonds is 6. The highest BCUT2D eigenvalue weighted by molar-refractivity contribution is 5.96. The van der Waals surface area contributed by atoms with Crippen LogP contribution in [0, 0.1) is 0 Å². The number of hydrogen-bond acceptors (Lipinski definition) is 5. The van der Waals surface area contributed by atoms with Crippen LogP contribution in [-0.4, -0.2) is 89.7 Å². The molecule has 1 aromatic rings. The fraction of sp³-hybridized carbons (Fsp3) is 0.625. The zero-order valence-electron chi connectivity index (χ0n) is 21.2. The lowest BCUT2D eigenvalue weighted by Gasteiger charge is -2.33. The molecule has 1 aromatic heterocycles. The molecule has 2 aliphatic heterocycles. The van der Waals surface area contributed by atoms with E-state index in [0.29, 0.717) is 18.8 Å². The summed E-state index contributed by atoms with van der Waals surface area (Å²) < 4.78 is 46.0. The molecule has 2 amide bonds. The molecule has 1 fully saturated rings. The van der Waals surface area contributed by atoms with Gasteiger partial charge >= 0.3 is 6.18 Å². The second-order valence-corrected chi connectivity index (χ2v) is 8.59. The zero-order valence-corrected chi connectivity index (χ0v) is 21.2. The van der Waals surface area contributed by atoms with Crippen LogP contribution in [0.5, 0.6) is 0 Å². The number of fused-ring (bicyclic) bond motifs is 1. The standard InChI is InChI=1S/C19H26F3N5O2.C5H10O/c1-4-13(2)27-16-14(17(23-27)19(20,21)22)5-7-26(18(16)29)8-6-15(28)25-11-9-24(3)10-12-25;1-4-5(2)6-3/h4H,5-12H2,1-3H3;2,4H2,1,3H3/b13-4+;. The smallest absolute Gasteiger partial charge is 0.435 e. The molecule has 0 spiro atoms. The summed E-state index contributed by atoms with van der Waals surface area (Å²) in [5, 5.41) is 3.69. The molecular weight excluding hydrogens is 463 g/mol. The van der Waals surface area contributed by atoms with Crippen molar-refractivity contribution in [3.8, 4) is 0 Å². The zero-order chi connectivity index (χ0) is 26.3. The van der Waals surface area contributed by atoms with E-state index in [4.69, 9.17) is 4.74 Å². The van der Waals surface area contributed by atoms with Crippen molar-refractivity contribution in [1.29, 1.82) is 0 Å². The SMILES string of the molecule is C/C=C(\C)n1nc(C(F)(F)F)c2c1C(=O)N(CCC(=O)N1CCN(C)CC1)CC2.C=C(CC)OC. The molecule has 196 valence electrons. The summed E-state index contributed by atoms with van der Waals surface area (Å²) in [5.41, 5.74) is -0.674. The van der Waals surface area contributed by atoms with Gasteiger partial charge in [-0.2, -0.15) is 18.3 Å². The molecule has 0 unspecified atom stereocenters.